The van der Waals surface area contributed by atoms with Crippen LogP contribution in [0.5, 0.6) is 11.5 Å². The zero-order valence-electron chi connectivity index (χ0n) is 19.1. The van der Waals surface area contributed by atoms with Crippen molar-refractivity contribution in [3.05, 3.63) is 96.8 Å². The summed E-state index contributed by atoms with van der Waals surface area (Å²) in [6, 6.07) is 11.2. The summed E-state index contributed by atoms with van der Waals surface area (Å²) in [5, 5.41) is 0. The quantitative estimate of drug-likeness (QED) is 0.155. The Hall–Kier alpha value is -3.86. The van der Waals surface area contributed by atoms with Crippen LogP contribution < -0.4 is 9.47 Å². The van der Waals surface area contributed by atoms with E-state index in [9.17, 15) is 9.59 Å². The molecule has 0 amide bonds. The van der Waals surface area contributed by atoms with Crippen molar-refractivity contribution >= 4 is 11.9 Å². The normalized spacial score (nSPS) is 14.1. The number of hydrogen-bond donors (Lipinski definition) is 0. The van der Waals surface area contributed by atoms with E-state index in [-0.39, 0.29) is 28.6 Å². The average Bonchev–Trinajstić information content (AvgIpc) is 3.19. The third kappa shape index (κ3) is 5.89. The minimum atomic E-state index is -0.557. The Morgan fingerprint density at radius 3 is 2.09 bits per heavy atom. The highest BCUT2D eigenvalue weighted by Gasteiger charge is 2.24. The van der Waals surface area contributed by atoms with Crippen LogP contribution in [0.2, 0.25) is 0 Å². The van der Waals surface area contributed by atoms with E-state index in [1.807, 2.05) is 6.07 Å². The molecule has 0 N–H and O–H groups in total. The predicted molar refractivity (Wildman–Crippen MR) is 129 cm³/mol. The zero-order valence-corrected chi connectivity index (χ0v) is 19.1. The first kappa shape index (κ1) is 23.8. The van der Waals surface area contributed by atoms with Gasteiger partial charge < -0.3 is 14.2 Å². The van der Waals surface area contributed by atoms with Gasteiger partial charge in [0.2, 0.25) is 0 Å². The largest absolute Gasteiger partial charge is 0.494 e. The van der Waals surface area contributed by atoms with E-state index in [0.717, 1.165) is 24.0 Å². The van der Waals surface area contributed by atoms with Gasteiger partial charge >= 0.3 is 11.9 Å². The van der Waals surface area contributed by atoms with Gasteiger partial charge in [-0.2, -0.15) is 0 Å². The van der Waals surface area contributed by atoms with E-state index in [4.69, 9.17) is 14.2 Å². The third-order valence-electron chi connectivity index (χ3n) is 5.38. The van der Waals surface area contributed by atoms with E-state index >= 15 is 0 Å². The summed E-state index contributed by atoms with van der Waals surface area (Å²) in [6.07, 6.45) is 3.56. The van der Waals surface area contributed by atoms with E-state index in [1.165, 1.54) is 17.2 Å². The standard InChI is InChI=1S/C28H28O5/c1-7-19(6)31-16-22-11-9-20-8-10-21(14-26(20)22)23-12-24(32-27(29)17(2)3)15-25(13-23)33-28(30)18(4)5/h7-8,10,12-15,22H,1-2,4,6,9,11,16H2,3,5H3. The fourth-order valence-electron chi connectivity index (χ4n) is 3.55. The Kier molecular flexibility index (Phi) is 7.34. The fraction of sp³-hybridized carbons (Fsp3) is 0.214. The first-order valence-electron chi connectivity index (χ1n) is 10.7. The van der Waals surface area contributed by atoms with Crippen molar-refractivity contribution in [1.82, 2.24) is 0 Å². The molecular weight excluding hydrogens is 416 g/mol. The molecule has 170 valence electrons. The fourth-order valence-corrected chi connectivity index (χ4v) is 3.55. The van der Waals surface area contributed by atoms with Crippen LogP contribution in [0.4, 0.5) is 0 Å². The number of fused-ring (bicyclic) bond motifs is 1. The molecule has 1 atom stereocenters. The van der Waals surface area contributed by atoms with Crippen LogP contribution in [0.3, 0.4) is 0 Å². The lowest BCUT2D eigenvalue weighted by atomic mass is 9.96. The van der Waals surface area contributed by atoms with Gasteiger partial charge in [0.25, 0.3) is 0 Å². The molecule has 3 rings (SSSR count). The maximum atomic E-state index is 12.1. The minimum Gasteiger partial charge on any atom is -0.494 e. The molecule has 2 aromatic rings. The number of allylic oxidation sites excluding steroid dienone is 1. The summed E-state index contributed by atoms with van der Waals surface area (Å²) in [5.41, 5.74) is 4.66. The van der Waals surface area contributed by atoms with Crippen LogP contribution in [0, 0.1) is 0 Å². The molecule has 0 saturated heterocycles. The number of aryl methyl sites for hydroxylation is 1. The molecule has 2 aromatic carbocycles. The second kappa shape index (κ2) is 10.2. The summed E-state index contributed by atoms with van der Waals surface area (Å²) in [4.78, 5) is 24.2. The van der Waals surface area contributed by atoms with Crippen LogP contribution in [0.25, 0.3) is 11.1 Å². The highest BCUT2D eigenvalue weighted by atomic mass is 16.5. The van der Waals surface area contributed by atoms with Gasteiger partial charge in [0.1, 0.15) is 17.3 Å². The number of carbonyl (C=O) groups excluding carboxylic acids is 2. The van der Waals surface area contributed by atoms with Gasteiger partial charge in [0, 0.05) is 23.1 Å². The Morgan fingerprint density at radius 1 is 0.939 bits per heavy atom. The molecular formula is C28H28O5. The van der Waals surface area contributed by atoms with Gasteiger partial charge in [0.15, 0.2) is 0 Å². The van der Waals surface area contributed by atoms with E-state index < -0.39 is 11.9 Å². The van der Waals surface area contributed by atoms with Gasteiger partial charge in [-0.25, -0.2) is 9.59 Å². The Morgan fingerprint density at radius 2 is 1.55 bits per heavy atom. The van der Waals surface area contributed by atoms with Crippen molar-refractivity contribution in [2.75, 3.05) is 6.61 Å². The molecule has 5 heteroatoms. The van der Waals surface area contributed by atoms with E-state index in [2.05, 4.69) is 38.4 Å². The molecule has 1 aliphatic rings. The SMILES string of the molecule is C=CC(=C)OCC1CCc2ccc(-c3cc(OC(=O)C(=C)C)cc(OC(=O)C(=C)C)c3)cc21. The monoisotopic (exact) mass is 444 g/mol. The molecule has 0 spiro atoms. The maximum absolute atomic E-state index is 12.1. The summed E-state index contributed by atoms with van der Waals surface area (Å²) < 4.78 is 16.5. The van der Waals surface area contributed by atoms with Crippen molar-refractivity contribution in [1.29, 1.82) is 0 Å². The first-order valence-corrected chi connectivity index (χ1v) is 10.7. The molecule has 0 aliphatic heterocycles. The molecule has 33 heavy (non-hydrogen) atoms. The molecule has 0 radical (unpaired) electrons. The summed E-state index contributed by atoms with van der Waals surface area (Å²) in [7, 11) is 0. The van der Waals surface area contributed by atoms with Gasteiger partial charge in [-0.3, -0.25) is 0 Å². The number of hydrogen-bond acceptors (Lipinski definition) is 5. The molecule has 1 unspecified atom stereocenters. The van der Waals surface area contributed by atoms with Crippen LogP contribution in [0.15, 0.2) is 85.7 Å². The summed E-state index contributed by atoms with van der Waals surface area (Å²) in [6.45, 7) is 18.4. The van der Waals surface area contributed by atoms with Crippen LogP contribution in [0.1, 0.15) is 37.3 Å². The highest BCUT2D eigenvalue weighted by Crippen LogP contribution is 2.38. The van der Waals surface area contributed by atoms with Crippen LogP contribution in [-0.4, -0.2) is 18.5 Å². The second-order valence-electron chi connectivity index (χ2n) is 8.16. The molecule has 5 nitrogen and oxygen atoms in total. The Labute approximate surface area is 194 Å². The lowest BCUT2D eigenvalue weighted by Crippen LogP contribution is -2.10. The van der Waals surface area contributed by atoms with Gasteiger partial charge in [-0.05, 0) is 67.2 Å². The lowest BCUT2D eigenvalue weighted by molar-refractivity contribution is -0.130. The topological polar surface area (TPSA) is 61.8 Å². The minimum absolute atomic E-state index is 0.238. The van der Waals surface area contributed by atoms with Gasteiger partial charge in [-0.1, -0.05) is 44.5 Å². The third-order valence-corrected chi connectivity index (χ3v) is 5.38. The van der Waals surface area contributed by atoms with E-state index in [1.54, 1.807) is 32.1 Å². The van der Waals surface area contributed by atoms with Crippen molar-refractivity contribution < 1.29 is 23.8 Å². The second-order valence-corrected chi connectivity index (χ2v) is 8.16. The first-order chi connectivity index (χ1) is 15.7. The Bertz CT molecular complexity index is 1110. The van der Waals surface area contributed by atoms with Crippen molar-refractivity contribution in [2.45, 2.75) is 32.6 Å². The summed E-state index contributed by atoms with van der Waals surface area (Å²) >= 11 is 0. The number of ether oxygens (including phenoxy) is 3. The highest BCUT2D eigenvalue weighted by molar-refractivity contribution is 5.90. The molecule has 0 bridgehead atoms. The number of rotatable bonds is 9. The molecule has 0 aromatic heterocycles. The summed E-state index contributed by atoms with van der Waals surface area (Å²) in [5.74, 6) is 0.189. The zero-order chi connectivity index (χ0) is 24.1. The van der Waals surface area contributed by atoms with Gasteiger partial charge in [0.05, 0.1) is 6.61 Å². The van der Waals surface area contributed by atoms with Crippen LogP contribution in [-0.2, 0) is 20.7 Å². The van der Waals surface area contributed by atoms with Crippen molar-refractivity contribution in [2.24, 2.45) is 0 Å². The molecule has 0 fully saturated rings. The number of carbonyl (C=O) groups is 2. The molecule has 0 saturated carbocycles. The van der Waals surface area contributed by atoms with Gasteiger partial charge in [-0.15, -0.1) is 0 Å². The van der Waals surface area contributed by atoms with Crippen LogP contribution >= 0.6 is 0 Å². The predicted octanol–water partition coefficient (Wildman–Crippen LogP) is 6.06. The lowest BCUT2D eigenvalue weighted by Gasteiger charge is -2.15. The molecule has 0 heterocycles. The molecule has 1 aliphatic carbocycles. The number of benzene rings is 2. The maximum Gasteiger partial charge on any atom is 0.338 e. The Balaban J connectivity index is 1.97. The van der Waals surface area contributed by atoms with Crippen molar-refractivity contribution in [3.8, 4) is 22.6 Å². The van der Waals surface area contributed by atoms with Crippen molar-refractivity contribution in [3.63, 3.8) is 0 Å². The van der Waals surface area contributed by atoms with E-state index in [0.29, 0.717) is 12.4 Å². The average molecular weight is 445 g/mol. The smallest absolute Gasteiger partial charge is 0.338 e. The number of esters is 2.